The molecule has 0 fully saturated rings. The van der Waals surface area contributed by atoms with Crippen molar-refractivity contribution >= 4 is 16.3 Å². The Hall–Kier alpha value is -0.540. The Kier molecular flexibility index (Phi) is 4.42. The molecule has 0 bridgehead atoms. The third kappa shape index (κ3) is 3.00. The van der Waals surface area contributed by atoms with E-state index in [0.29, 0.717) is 11.8 Å². The van der Waals surface area contributed by atoms with Crippen molar-refractivity contribution in [2.45, 2.75) is 20.8 Å². The van der Waals surface area contributed by atoms with Gasteiger partial charge in [-0.15, -0.1) is 11.3 Å². The van der Waals surface area contributed by atoms with Crippen molar-refractivity contribution in [2.75, 3.05) is 18.4 Å². The van der Waals surface area contributed by atoms with Gasteiger partial charge < -0.3 is 11.1 Å². The fourth-order valence-electron chi connectivity index (χ4n) is 1.37. The minimum Gasteiger partial charge on any atom is -0.376 e. The Morgan fingerprint density at radius 3 is 2.64 bits per heavy atom. The third-order valence-electron chi connectivity index (χ3n) is 2.63. The second kappa shape index (κ2) is 5.37. The molecule has 0 saturated carbocycles. The molecule has 1 heterocycles. The molecule has 1 aromatic rings. The molecule has 1 unspecified atom stereocenters. The highest BCUT2D eigenvalue weighted by molar-refractivity contribution is 7.14. The summed E-state index contributed by atoms with van der Waals surface area (Å²) in [5.41, 5.74) is 7.04. The monoisotopic (exact) mass is 212 g/mol. The van der Waals surface area contributed by atoms with Crippen LogP contribution in [0.2, 0.25) is 0 Å². The van der Waals surface area contributed by atoms with E-state index in [1.54, 1.807) is 11.3 Å². The molecule has 3 heteroatoms. The van der Waals surface area contributed by atoms with E-state index in [1.165, 1.54) is 10.6 Å². The Morgan fingerprint density at radius 2 is 2.21 bits per heavy atom. The van der Waals surface area contributed by atoms with Gasteiger partial charge in [-0.1, -0.05) is 13.8 Å². The molecule has 3 N–H and O–H groups in total. The summed E-state index contributed by atoms with van der Waals surface area (Å²) in [6, 6.07) is 2.14. The molecule has 2 nitrogen and oxygen atoms in total. The Balaban J connectivity index is 2.43. The molecule has 80 valence electrons. The van der Waals surface area contributed by atoms with Crippen LogP contribution in [0.1, 0.15) is 19.4 Å². The van der Waals surface area contributed by atoms with Crippen molar-refractivity contribution in [3.8, 4) is 0 Å². The quantitative estimate of drug-likeness (QED) is 0.787. The van der Waals surface area contributed by atoms with Gasteiger partial charge in [0.2, 0.25) is 0 Å². The smallest absolute Gasteiger partial charge is 0.0912 e. The number of nitrogens with two attached hydrogens (primary N) is 1. The fraction of sp³-hybridized carbons (Fsp3) is 0.636. The topological polar surface area (TPSA) is 38.0 Å². The van der Waals surface area contributed by atoms with Gasteiger partial charge >= 0.3 is 0 Å². The van der Waals surface area contributed by atoms with Crippen molar-refractivity contribution in [1.82, 2.24) is 0 Å². The van der Waals surface area contributed by atoms with Crippen molar-refractivity contribution < 1.29 is 0 Å². The minimum atomic E-state index is 0.566. The first-order valence-electron chi connectivity index (χ1n) is 5.13. The SMILES string of the molecule is Cc1ccsc1NCC(CN)C(C)C. The summed E-state index contributed by atoms with van der Waals surface area (Å²) in [6.45, 7) is 8.32. The molecular weight excluding hydrogens is 192 g/mol. The maximum Gasteiger partial charge on any atom is 0.0912 e. The largest absolute Gasteiger partial charge is 0.376 e. The molecule has 0 amide bonds. The lowest BCUT2D eigenvalue weighted by Gasteiger charge is -2.19. The van der Waals surface area contributed by atoms with Crippen molar-refractivity contribution in [1.29, 1.82) is 0 Å². The summed E-state index contributed by atoms with van der Waals surface area (Å²) < 4.78 is 0. The number of hydrogen-bond acceptors (Lipinski definition) is 3. The van der Waals surface area contributed by atoms with Crippen LogP contribution in [0.25, 0.3) is 0 Å². The van der Waals surface area contributed by atoms with E-state index in [1.807, 2.05) is 0 Å². The normalized spacial score (nSPS) is 13.2. The Labute approximate surface area is 90.5 Å². The van der Waals surface area contributed by atoms with Crippen LogP contribution in [0.4, 0.5) is 5.00 Å². The molecule has 0 radical (unpaired) electrons. The van der Waals surface area contributed by atoms with Crippen LogP contribution in [0.15, 0.2) is 11.4 Å². The molecular formula is C11H20N2S. The lowest BCUT2D eigenvalue weighted by atomic mass is 9.96. The van der Waals surface area contributed by atoms with E-state index in [9.17, 15) is 0 Å². The van der Waals surface area contributed by atoms with Gasteiger partial charge in [-0.25, -0.2) is 0 Å². The van der Waals surface area contributed by atoms with Gasteiger partial charge in [0, 0.05) is 6.54 Å². The van der Waals surface area contributed by atoms with Crippen molar-refractivity contribution in [3.05, 3.63) is 17.0 Å². The number of nitrogens with one attached hydrogen (secondary N) is 1. The second-order valence-corrected chi connectivity index (χ2v) is 4.97. The lowest BCUT2D eigenvalue weighted by Crippen LogP contribution is -2.27. The number of thiophene rings is 1. The molecule has 0 aromatic carbocycles. The molecule has 1 rings (SSSR count). The molecule has 0 aliphatic heterocycles. The summed E-state index contributed by atoms with van der Waals surface area (Å²) in [6.07, 6.45) is 0. The number of aryl methyl sites for hydroxylation is 1. The second-order valence-electron chi connectivity index (χ2n) is 4.05. The van der Waals surface area contributed by atoms with E-state index >= 15 is 0 Å². The van der Waals surface area contributed by atoms with E-state index in [0.717, 1.165) is 13.1 Å². The summed E-state index contributed by atoms with van der Waals surface area (Å²) >= 11 is 1.76. The number of anilines is 1. The van der Waals surface area contributed by atoms with E-state index in [4.69, 9.17) is 5.73 Å². The molecule has 1 atom stereocenters. The maximum atomic E-state index is 5.71. The highest BCUT2D eigenvalue weighted by Crippen LogP contribution is 2.22. The summed E-state index contributed by atoms with van der Waals surface area (Å²) in [5.74, 6) is 1.21. The van der Waals surface area contributed by atoms with Gasteiger partial charge in [-0.2, -0.15) is 0 Å². The molecule has 0 aliphatic rings. The van der Waals surface area contributed by atoms with E-state index in [2.05, 4.69) is 37.5 Å². The van der Waals surface area contributed by atoms with E-state index in [-0.39, 0.29) is 0 Å². The lowest BCUT2D eigenvalue weighted by molar-refractivity contribution is 0.413. The van der Waals surface area contributed by atoms with Gasteiger partial charge in [0.25, 0.3) is 0 Å². The van der Waals surface area contributed by atoms with Crippen LogP contribution in [-0.4, -0.2) is 13.1 Å². The molecule has 0 saturated heterocycles. The molecule has 14 heavy (non-hydrogen) atoms. The van der Waals surface area contributed by atoms with Crippen molar-refractivity contribution in [2.24, 2.45) is 17.6 Å². The van der Waals surface area contributed by atoms with Crippen LogP contribution in [0, 0.1) is 18.8 Å². The Morgan fingerprint density at radius 1 is 1.50 bits per heavy atom. The average molecular weight is 212 g/mol. The van der Waals surface area contributed by atoms with Crippen LogP contribution in [-0.2, 0) is 0 Å². The van der Waals surface area contributed by atoms with Crippen LogP contribution in [0.5, 0.6) is 0 Å². The minimum absolute atomic E-state index is 0.566. The van der Waals surface area contributed by atoms with Crippen LogP contribution < -0.4 is 11.1 Å². The predicted octanol–water partition coefficient (Wildman–Crippen LogP) is 2.70. The first-order valence-corrected chi connectivity index (χ1v) is 6.01. The molecule has 0 aliphatic carbocycles. The zero-order valence-corrected chi connectivity index (χ0v) is 10.0. The third-order valence-corrected chi connectivity index (χ3v) is 3.61. The van der Waals surface area contributed by atoms with E-state index < -0.39 is 0 Å². The van der Waals surface area contributed by atoms with Gasteiger partial charge in [-0.05, 0) is 42.3 Å². The molecule has 0 spiro atoms. The zero-order valence-electron chi connectivity index (χ0n) is 9.21. The van der Waals surface area contributed by atoms with Crippen molar-refractivity contribution in [3.63, 3.8) is 0 Å². The predicted molar refractivity (Wildman–Crippen MR) is 64.9 cm³/mol. The zero-order chi connectivity index (χ0) is 10.6. The first kappa shape index (κ1) is 11.5. The van der Waals surface area contributed by atoms with Gasteiger partial charge in [0.15, 0.2) is 0 Å². The van der Waals surface area contributed by atoms with Gasteiger partial charge in [-0.3, -0.25) is 0 Å². The highest BCUT2D eigenvalue weighted by atomic mass is 32.1. The highest BCUT2D eigenvalue weighted by Gasteiger charge is 2.11. The van der Waals surface area contributed by atoms with Crippen LogP contribution in [0.3, 0.4) is 0 Å². The standard InChI is InChI=1S/C11H20N2S/c1-8(2)10(6-12)7-13-11-9(3)4-5-14-11/h4-5,8,10,13H,6-7,12H2,1-3H3. The summed E-state index contributed by atoms with van der Waals surface area (Å²) in [5, 5.41) is 6.86. The number of rotatable bonds is 5. The van der Waals surface area contributed by atoms with Gasteiger partial charge in [0.05, 0.1) is 5.00 Å². The molecule has 1 aromatic heterocycles. The average Bonchev–Trinajstić information content (AvgIpc) is 2.52. The van der Waals surface area contributed by atoms with Crippen LogP contribution >= 0.6 is 11.3 Å². The number of hydrogen-bond donors (Lipinski definition) is 2. The maximum absolute atomic E-state index is 5.71. The Bertz CT molecular complexity index is 268. The summed E-state index contributed by atoms with van der Waals surface area (Å²) in [7, 11) is 0. The summed E-state index contributed by atoms with van der Waals surface area (Å²) in [4.78, 5) is 0. The fourth-order valence-corrected chi connectivity index (χ4v) is 2.20. The first-order chi connectivity index (χ1) is 6.65. The van der Waals surface area contributed by atoms with Gasteiger partial charge in [0.1, 0.15) is 0 Å².